The first-order chi connectivity index (χ1) is 12.1. The van der Waals surface area contributed by atoms with Crippen molar-refractivity contribution in [2.24, 2.45) is 0 Å². The van der Waals surface area contributed by atoms with Gasteiger partial charge in [-0.1, -0.05) is 16.8 Å². The van der Waals surface area contributed by atoms with Crippen LogP contribution in [0.15, 0.2) is 42.7 Å². The van der Waals surface area contributed by atoms with E-state index in [1.807, 2.05) is 12.1 Å². The lowest BCUT2D eigenvalue weighted by Crippen LogP contribution is -2.02. The summed E-state index contributed by atoms with van der Waals surface area (Å²) >= 11 is 6.04. The molecule has 0 aliphatic rings. The van der Waals surface area contributed by atoms with E-state index in [0.29, 0.717) is 28.5 Å². The van der Waals surface area contributed by atoms with Crippen molar-refractivity contribution in [3.63, 3.8) is 0 Å². The summed E-state index contributed by atoms with van der Waals surface area (Å²) in [7, 11) is 2.93. The molecule has 0 radical (unpaired) electrons. The number of aromatic nitrogens is 4. The minimum atomic E-state index is -0.434. The monoisotopic (exact) mass is 358 g/mol. The van der Waals surface area contributed by atoms with Gasteiger partial charge in [0.25, 0.3) is 0 Å². The minimum Gasteiger partial charge on any atom is -0.496 e. The van der Waals surface area contributed by atoms with E-state index in [4.69, 9.17) is 16.3 Å². The number of hydrogen-bond acceptors (Lipinski definition) is 6. The molecule has 0 N–H and O–H groups in total. The van der Waals surface area contributed by atoms with Gasteiger partial charge in [0, 0.05) is 16.8 Å². The molecule has 1 aromatic carbocycles. The molecule has 0 spiro atoms. The minimum absolute atomic E-state index is 0.377. The highest BCUT2D eigenvalue weighted by Crippen LogP contribution is 2.24. The SMILES string of the molecule is COC(=O)c1ccc(-c2cn(Cc3cc(Cl)ccc3OC)nn2)nc1. The number of pyridine rings is 1. The Morgan fingerprint density at radius 2 is 2.04 bits per heavy atom. The molecule has 2 heterocycles. The van der Waals surface area contributed by atoms with Crippen molar-refractivity contribution in [3.8, 4) is 17.1 Å². The van der Waals surface area contributed by atoms with E-state index in [9.17, 15) is 4.79 Å². The van der Waals surface area contributed by atoms with Gasteiger partial charge in [0.1, 0.15) is 11.4 Å². The van der Waals surface area contributed by atoms with Crippen LogP contribution in [0.4, 0.5) is 0 Å². The van der Waals surface area contributed by atoms with Crippen LogP contribution in [0.2, 0.25) is 5.02 Å². The van der Waals surface area contributed by atoms with Crippen LogP contribution < -0.4 is 4.74 Å². The summed E-state index contributed by atoms with van der Waals surface area (Å²) in [5.74, 6) is 0.290. The fourth-order valence-electron chi connectivity index (χ4n) is 2.32. The van der Waals surface area contributed by atoms with Gasteiger partial charge in [0.05, 0.1) is 38.2 Å². The van der Waals surface area contributed by atoms with Crippen LogP contribution in [-0.2, 0) is 11.3 Å². The molecule has 3 aromatic rings. The Bertz CT molecular complexity index is 893. The molecule has 0 fully saturated rings. The van der Waals surface area contributed by atoms with Crippen molar-refractivity contribution < 1.29 is 14.3 Å². The molecule has 0 atom stereocenters. The highest BCUT2D eigenvalue weighted by Gasteiger charge is 2.11. The fraction of sp³-hybridized carbons (Fsp3) is 0.176. The molecule has 2 aromatic heterocycles. The van der Waals surface area contributed by atoms with E-state index in [-0.39, 0.29) is 0 Å². The number of halogens is 1. The number of hydrogen-bond donors (Lipinski definition) is 0. The summed E-state index contributed by atoms with van der Waals surface area (Å²) in [5.41, 5.74) is 2.47. The Hall–Kier alpha value is -2.93. The molecule has 0 bridgehead atoms. The summed E-state index contributed by atoms with van der Waals surface area (Å²) in [6.07, 6.45) is 3.21. The largest absolute Gasteiger partial charge is 0.496 e. The first-order valence-corrected chi connectivity index (χ1v) is 7.76. The van der Waals surface area contributed by atoms with Crippen molar-refractivity contribution >= 4 is 17.6 Å². The number of benzene rings is 1. The van der Waals surface area contributed by atoms with Crippen molar-refractivity contribution in [1.82, 2.24) is 20.0 Å². The van der Waals surface area contributed by atoms with Crippen LogP contribution in [-0.4, -0.2) is 40.2 Å². The molecular weight excluding hydrogens is 344 g/mol. The average molecular weight is 359 g/mol. The molecular formula is C17H15ClN4O3. The van der Waals surface area contributed by atoms with Crippen LogP contribution in [0.3, 0.4) is 0 Å². The number of esters is 1. The fourth-order valence-corrected chi connectivity index (χ4v) is 2.52. The lowest BCUT2D eigenvalue weighted by atomic mass is 10.2. The molecule has 7 nitrogen and oxygen atoms in total. The average Bonchev–Trinajstić information content (AvgIpc) is 3.10. The molecule has 3 rings (SSSR count). The van der Waals surface area contributed by atoms with Crippen LogP contribution in [0.25, 0.3) is 11.4 Å². The Labute approximate surface area is 149 Å². The van der Waals surface area contributed by atoms with Gasteiger partial charge in [-0.05, 0) is 30.3 Å². The maximum Gasteiger partial charge on any atom is 0.339 e. The maximum atomic E-state index is 11.4. The second-order valence-corrected chi connectivity index (χ2v) is 5.62. The van der Waals surface area contributed by atoms with Gasteiger partial charge < -0.3 is 9.47 Å². The Morgan fingerprint density at radius 3 is 2.72 bits per heavy atom. The number of methoxy groups -OCH3 is 2. The molecule has 0 aliphatic heterocycles. The Balaban J connectivity index is 1.81. The predicted molar refractivity (Wildman–Crippen MR) is 91.7 cm³/mol. The third-order valence-electron chi connectivity index (χ3n) is 3.56. The zero-order valence-electron chi connectivity index (χ0n) is 13.6. The number of nitrogens with zero attached hydrogens (tertiary/aromatic N) is 4. The summed E-state index contributed by atoms with van der Waals surface area (Å²) in [4.78, 5) is 15.7. The van der Waals surface area contributed by atoms with E-state index in [1.165, 1.54) is 13.3 Å². The van der Waals surface area contributed by atoms with Gasteiger partial charge in [-0.25, -0.2) is 9.48 Å². The maximum absolute atomic E-state index is 11.4. The molecule has 0 aliphatic carbocycles. The highest BCUT2D eigenvalue weighted by molar-refractivity contribution is 6.30. The number of ether oxygens (including phenoxy) is 2. The first-order valence-electron chi connectivity index (χ1n) is 7.38. The van der Waals surface area contributed by atoms with Gasteiger partial charge in [-0.15, -0.1) is 5.10 Å². The van der Waals surface area contributed by atoms with Crippen LogP contribution in [0, 0.1) is 0 Å². The second kappa shape index (κ2) is 7.31. The summed E-state index contributed by atoms with van der Waals surface area (Å²) in [5, 5.41) is 8.84. The molecule has 25 heavy (non-hydrogen) atoms. The van der Waals surface area contributed by atoms with Gasteiger partial charge in [0.2, 0.25) is 0 Å². The van der Waals surface area contributed by atoms with Crippen LogP contribution in [0.5, 0.6) is 5.75 Å². The third-order valence-corrected chi connectivity index (χ3v) is 3.80. The Kier molecular flexibility index (Phi) is 4.95. The van der Waals surface area contributed by atoms with E-state index >= 15 is 0 Å². The quantitative estimate of drug-likeness (QED) is 0.652. The zero-order valence-corrected chi connectivity index (χ0v) is 14.4. The normalized spacial score (nSPS) is 10.5. The van der Waals surface area contributed by atoms with Crippen LogP contribution >= 0.6 is 11.6 Å². The Morgan fingerprint density at radius 1 is 1.20 bits per heavy atom. The zero-order chi connectivity index (χ0) is 17.8. The lowest BCUT2D eigenvalue weighted by molar-refractivity contribution is 0.0600. The summed E-state index contributed by atoms with van der Waals surface area (Å²) in [6.45, 7) is 0.455. The number of carbonyl (C=O) groups excluding carboxylic acids is 1. The van der Waals surface area contributed by atoms with E-state index in [1.54, 1.807) is 36.2 Å². The molecule has 0 amide bonds. The van der Waals surface area contributed by atoms with E-state index in [2.05, 4.69) is 20.0 Å². The van der Waals surface area contributed by atoms with Gasteiger partial charge in [0.15, 0.2) is 0 Å². The summed E-state index contributed by atoms with van der Waals surface area (Å²) < 4.78 is 11.7. The topological polar surface area (TPSA) is 79.1 Å². The number of rotatable bonds is 5. The van der Waals surface area contributed by atoms with E-state index in [0.717, 1.165) is 11.3 Å². The van der Waals surface area contributed by atoms with Gasteiger partial charge in [-0.3, -0.25) is 4.98 Å². The highest BCUT2D eigenvalue weighted by atomic mass is 35.5. The predicted octanol–water partition coefficient (Wildman–Crippen LogP) is 2.84. The van der Waals surface area contributed by atoms with Gasteiger partial charge in [-0.2, -0.15) is 0 Å². The second-order valence-electron chi connectivity index (χ2n) is 5.18. The summed E-state index contributed by atoms with van der Waals surface area (Å²) in [6, 6.07) is 8.73. The van der Waals surface area contributed by atoms with Crippen molar-refractivity contribution in [3.05, 3.63) is 58.9 Å². The smallest absolute Gasteiger partial charge is 0.339 e. The van der Waals surface area contributed by atoms with Crippen molar-refractivity contribution in [1.29, 1.82) is 0 Å². The van der Waals surface area contributed by atoms with Gasteiger partial charge >= 0.3 is 5.97 Å². The van der Waals surface area contributed by atoms with Crippen LogP contribution in [0.1, 0.15) is 15.9 Å². The third kappa shape index (κ3) is 3.77. The molecule has 128 valence electrons. The molecule has 0 saturated carbocycles. The molecule has 0 saturated heterocycles. The van der Waals surface area contributed by atoms with Crippen molar-refractivity contribution in [2.75, 3.05) is 14.2 Å². The first kappa shape index (κ1) is 16.9. The number of carbonyl (C=O) groups is 1. The lowest BCUT2D eigenvalue weighted by Gasteiger charge is -2.08. The van der Waals surface area contributed by atoms with E-state index < -0.39 is 5.97 Å². The standard InChI is InChI=1S/C17H15ClN4O3/c1-24-16-6-4-13(18)7-12(16)9-22-10-15(20-21-22)14-5-3-11(8-19-14)17(23)25-2/h3-8,10H,9H2,1-2H3. The molecule has 0 unspecified atom stereocenters. The van der Waals surface area contributed by atoms with Crippen molar-refractivity contribution in [2.45, 2.75) is 6.54 Å². The molecule has 8 heteroatoms.